The largest absolute Gasteiger partial charge is 0.468 e. The lowest BCUT2D eigenvalue weighted by Gasteiger charge is -2.38. The molecule has 1 N–H and O–H groups in total. The van der Waals surface area contributed by atoms with Crippen molar-refractivity contribution in [2.24, 2.45) is 0 Å². The molecule has 1 atom stereocenters. The first kappa shape index (κ1) is 41.6. The number of nitro benzene ring substituents is 1. The van der Waals surface area contributed by atoms with Crippen molar-refractivity contribution in [1.29, 1.82) is 0 Å². The van der Waals surface area contributed by atoms with Crippen molar-refractivity contribution in [1.82, 2.24) is 9.97 Å². The summed E-state index contributed by atoms with van der Waals surface area (Å²) < 4.78 is 89.2. The van der Waals surface area contributed by atoms with Crippen LogP contribution in [0.15, 0.2) is 30.3 Å². The van der Waals surface area contributed by atoms with Crippen molar-refractivity contribution < 1.29 is 46.2 Å². The molecule has 1 aliphatic heterocycles. The monoisotopic (exact) mass is 788 g/mol. The topological polar surface area (TPSA) is 120 Å². The molecule has 0 radical (unpaired) electrons. The average molecular weight is 789 g/mol. The van der Waals surface area contributed by atoms with Gasteiger partial charge in [0, 0.05) is 37.2 Å². The molecule has 296 valence electrons. The second kappa shape index (κ2) is 15.9. The van der Waals surface area contributed by atoms with E-state index in [1.165, 1.54) is 30.2 Å². The first-order valence-corrected chi connectivity index (χ1v) is 20.2. The third kappa shape index (κ3) is 8.48. The molecular weight excluding hydrogens is 744 g/mol. The lowest BCUT2D eigenvalue weighted by molar-refractivity contribution is -0.384. The normalized spacial score (nSPS) is 16.6. The number of rotatable bonds is 11. The van der Waals surface area contributed by atoms with E-state index >= 15 is 8.78 Å². The Hall–Kier alpha value is -4.59. The smallest absolute Gasteiger partial charge is 0.422 e. The minimum Gasteiger partial charge on any atom is -0.468 e. The summed E-state index contributed by atoms with van der Waals surface area (Å²) in [6, 6.07) is 5.70. The molecule has 5 rings (SSSR count). The number of nitro groups is 1. The molecule has 1 aromatic heterocycles. The van der Waals surface area contributed by atoms with Crippen LogP contribution in [0.1, 0.15) is 66.9 Å². The van der Waals surface area contributed by atoms with Crippen LogP contribution in [0.2, 0.25) is 16.6 Å². The Morgan fingerprint density at radius 1 is 1.05 bits per heavy atom. The average Bonchev–Trinajstić information content (AvgIpc) is 3.09. The third-order valence-electron chi connectivity index (χ3n) is 10.3. The Morgan fingerprint density at radius 2 is 1.73 bits per heavy atom. The summed E-state index contributed by atoms with van der Waals surface area (Å²) >= 11 is 0. The lowest BCUT2D eigenvalue weighted by atomic mass is 9.91. The number of piperidine rings is 1. The van der Waals surface area contributed by atoms with Gasteiger partial charge in [0.05, 0.1) is 27.0 Å². The third-order valence-corrected chi connectivity index (χ3v) is 16.6. The van der Waals surface area contributed by atoms with E-state index in [1.54, 1.807) is 13.0 Å². The molecule has 1 saturated heterocycles. The maximum Gasteiger partial charge on any atom is 0.422 e. The van der Waals surface area contributed by atoms with E-state index in [4.69, 9.17) is 14.2 Å². The number of nitrogens with zero attached hydrogens (tertiary/aromatic N) is 4. The number of fused-ring (bicyclic) bond motifs is 2. The molecule has 0 saturated carbocycles. The van der Waals surface area contributed by atoms with Crippen LogP contribution in [0.25, 0.3) is 32.8 Å². The van der Waals surface area contributed by atoms with Gasteiger partial charge >= 0.3 is 12.2 Å². The summed E-state index contributed by atoms with van der Waals surface area (Å²) in [5.41, 5.74) is 0.530. The van der Waals surface area contributed by atoms with E-state index < -0.39 is 65.8 Å². The fourth-order valence-corrected chi connectivity index (χ4v) is 13.2. The predicted octanol–water partition coefficient (Wildman–Crippen LogP) is 9.48. The lowest BCUT2D eigenvalue weighted by Crippen LogP contribution is -2.46. The second-order valence-electron chi connectivity index (χ2n) is 15.2. The summed E-state index contributed by atoms with van der Waals surface area (Å²) in [4.78, 5) is 21.8. The number of halogens is 5. The van der Waals surface area contributed by atoms with Crippen LogP contribution in [0, 0.1) is 33.2 Å². The number of aromatic nitrogens is 2. The number of β-amino-alcohol motifs (C(OH)–C–C–N with tert-alkyl or cyclic N) is 1. The Balaban J connectivity index is 1.92. The van der Waals surface area contributed by atoms with Crippen molar-refractivity contribution in [3.05, 3.63) is 57.6 Å². The molecule has 1 aliphatic rings. The summed E-state index contributed by atoms with van der Waals surface area (Å²) in [7, 11) is -1.09. The Kier molecular flexibility index (Phi) is 12.0. The van der Waals surface area contributed by atoms with Gasteiger partial charge in [-0.2, -0.15) is 23.1 Å². The van der Waals surface area contributed by atoms with Gasteiger partial charge in [0.2, 0.25) is 0 Å². The van der Waals surface area contributed by atoms with Gasteiger partial charge in [-0.3, -0.25) is 10.1 Å². The van der Waals surface area contributed by atoms with Crippen LogP contribution >= 0.6 is 0 Å². The summed E-state index contributed by atoms with van der Waals surface area (Å²) in [5, 5.41) is 24.0. The van der Waals surface area contributed by atoms with Crippen molar-refractivity contribution in [2.75, 3.05) is 38.5 Å². The highest BCUT2D eigenvalue weighted by Crippen LogP contribution is 2.46. The van der Waals surface area contributed by atoms with E-state index in [-0.39, 0.29) is 70.0 Å². The Labute approximate surface area is 317 Å². The molecule has 16 heteroatoms. The number of hydrogen-bond donors (Lipinski definition) is 1. The number of anilines is 1. The standard InChI is InChI=1S/C39H45F5N4O6Si/c1-22(2)55(23(3)4,24(5)6)15-12-27-30(40)11-10-25-16-26(54-21-52-8)17-28(32(25)27)33-31(48(50)51)18-29-35(34(33)41)45-37(53-20-39(42,43)44)46-36(29)47-14-9-13-38(7,49)19-47/h10-11,16-18,22-24,49H,9,13-14,19-21H2,1-8H3. The van der Waals surface area contributed by atoms with Crippen LogP contribution in [-0.4, -0.2) is 73.4 Å². The van der Waals surface area contributed by atoms with Gasteiger partial charge in [-0.15, -0.1) is 5.54 Å². The van der Waals surface area contributed by atoms with E-state index in [0.29, 0.717) is 18.2 Å². The molecule has 2 heterocycles. The van der Waals surface area contributed by atoms with Crippen LogP contribution in [0.5, 0.6) is 11.8 Å². The predicted molar refractivity (Wildman–Crippen MR) is 203 cm³/mol. The highest BCUT2D eigenvalue weighted by atomic mass is 28.3. The van der Waals surface area contributed by atoms with Gasteiger partial charge in [0.25, 0.3) is 5.69 Å². The molecule has 0 bridgehead atoms. The molecule has 1 unspecified atom stereocenters. The van der Waals surface area contributed by atoms with Gasteiger partial charge in [-0.25, -0.2) is 8.78 Å². The van der Waals surface area contributed by atoms with Crippen LogP contribution in [0.4, 0.5) is 33.5 Å². The van der Waals surface area contributed by atoms with Crippen molar-refractivity contribution in [3.8, 4) is 34.4 Å². The van der Waals surface area contributed by atoms with Gasteiger partial charge in [-0.05, 0) is 60.0 Å². The molecular formula is C39H45F5N4O6Si. The highest BCUT2D eigenvalue weighted by Gasteiger charge is 2.42. The molecule has 10 nitrogen and oxygen atoms in total. The number of alkyl halides is 3. The van der Waals surface area contributed by atoms with Crippen molar-refractivity contribution in [2.45, 2.75) is 89.7 Å². The minimum absolute atomic E-state index is 0.0618. The van der Waals surface area contributed by atoms with Crippen molar-refractivity contribution in [3.63, 3.8) is 0 Å². The SMILES string of the molecule is COCOc1cc(-c2c([N+](=O)[O-])cc3c(N4CCCC(C)(O)C4)nc(OCC(F)(F)F)nc3c2F)c2c(C#C[Si](C(C)C)(C(C)C)C(C)C)c(F)ccc2c1. The van der Waals surface area contributed by atoms with Gasteiger partial charge in [-0.1, -0.05) is 53.5 Å². The zero-order chi connectivity index (χ0) is 40.6. The molecule has 1 fully saturated rings. The molecule has 0 amide bonds. The summed E-state index contributed by atoms with van der Waals surface area (Å²) in [6.07, 6.45) is -3.96. The fourth-order valence-electron chi connectivity index (χ4n) is 7.98. The van der Waals surface area contributed by atoms with E-state index in [9.17, 15) is 28.4 Å². The number of methoxy groups -OCH3 is 1. The minimum atomic E-state index is -4.79. The number of benzene rings is 3. The number of aliphatic hydroxyl groups is 1. The maximum absolute atomic E-state index is 17.4. The number of hydrogen-bond acceptors (Lipinski definition) is 9. The zero-order valence-electron chi connectivity index (χ0n) is 32.0. The molecule has 55 heavy (non-hydrogen) atoms. The number of ether oxygens (including phenoxy) is 3. The van der Waals surface area contributed by atoms with Crippen LogP contribution in [-0.2, 0) is 4.74 Å². The molecule has 4 aromatic rings. The Morgan fingerprint density at radius 3 is 2.31 bits per heavy atom. The summed E-state index contributed by atoms with van der Waals surface area (Å²) in [6.45, 7) is 12.2. The summed E-state index contributed by atoms with van der Waals surface area (Å²) in [5.74, 6) is 1.03. The molecule has 3 aromatic carbocycles. The molecule has 0 aliphatic carbocycles. The second-order valence-corrected chi connectivity index (χ2v) is 20.8. The maximum atomic E-state index is 17.4. The van der Waals surface area contributed by atoms with E-state index in [0.717, 1.165) is 6.07 Å². The van der Waals surface area contributed by atoms with E-state index in [1.807, 2.05) is 0 Å². The first-order valence-electron chi connectivity index (χ1n) is 18.0. The molecule has 0 spiro atoms. The highest BCUT2D eigenvalue weighted by molar-refractivity contribution is 6.90. The van der Waals surface area contributed by atoms with Crippen LogP contribution < -0.4 is 14.4 Å². The fraction of sp³-hybridized carbons (Fsp3) is 0.487. The van der Waals surface area contributed by atoms with E-state index in [2.05, 4.69) is 63.0 Å². The van der Waals surface area contributed by atoms with Crippen molar-refractivity contribution >= 4 is 41.3 Å². The quantitative estimate of drug-likeness (QED) is 0.0396. The first-order chi connectivity index (χ1) is 25.7. The zero-order valence-corrected chi connectivity index (χ0v) is 33.0. The van der Waals surface area contributed by atoms with Crippen LogP contribution in [0.3, 0.4) is 0 Å². The Bertz CT molecular complexity index is 2150. The van der Waals surface area contributed by atoms with Gasteiger partial charge < -0.3 is 24.2 Å². The van der Waals surface area contributed by atoms with Gasteiger partial charge in [0.15, 0.2) is 19.2 Å². The van der Waals surface area contributed by atoms with Gasteiger partial charge in [0.1, 0.15) is 31.0 Å².